The largest absolute Gasteiger partial charge is 0.370 e. The third-order valence-corrected chi connectivity index (χ3v) is 3.33. The quantitative estimate of drug-likeness (QED) is 0.850. The first-order valence-corrected chi connectivity index (χ1v) is 7.17. The highest BCUT2D eigenvalue weighted by Gasteiger charge is 2.29. The summed E-state index contributed by atoms with van der Waals surface area (Å²) < 4.78 is 0. The normalized spacial score (nSPS) is 15.6. The van der Waals surface area contributed by atoms with E-state index in [4.69, 9.17) is 0 Å². The van der Waals surface area contributed by atoms with Crippen molar-refractivity contribution in [3.63, 3.8) is 0 Å². The van der Waals surface area contributed by atoms with E-state index < -0.39 is 0 Å². The van der Waals surface area contributed by atoms with Crippen molar-refractivity contribution in [2.24, 2.45) is 0 Å². The number of hydrogen-bond donors (Lipinski definition) is 1. The molecule has 2 heterocycles. The van der Waals surface area contributed by atoms with Gasteiger partial charge in [-0.3, -0.25) is 9.59 Å². The van der Waals surface area contributed by atoms with Crippen LogP contribution in [0.15, 0.2) is 6.07 Å². The predicted molar refractivity (Wildman–Crippen MR) is 78.6 cm³/mol. The van der Waals surface area contributed by atoms with Crippen LogP contribution in [0.2, 0.25) is 0 Å². The predicted octanol–water partition coefficient (Wildman–Crippen LogP) is 0.408. The molecule has 1 aliphatic heterocycles. The van der Waals surface area contributed by atoms with Gasteiger partial charge in [-0.15, -0.1) is 0 Å². The van der Waals surface area contributed by atoms with Crippen molar-refractivity contribution >= 4 is 17.6 Å². The zero-order valence-electron chi connectivity index (χ0n) is 12.7. The van der Waals surface area contributed by atoms with E-state index in [0.29, 0.717) is 12.4 Å². The topological polar surface area (TPSA) is 78.4 Å². The molecule has 0 atom stereocenters. The van der Waals surface area contributed by atoms with Gasteiger partial charge in [-0.25, -0.2) is 9.97 Å². The van der Waals surface area contributed by atoms with Crippen molar-refractivity contribution < 1.29 is 9.59 Å². The zero-order valence-corrected chi connectivity index (χ0v) is 12.7. The maximum absolute atomic E-state index is 12.1. The molecule has 21 heavy (non-hydrogen) atoms. The van der Waals surface area contributed by atoms with Gasteiger partial charge in [0.25, 0.3) is 0 Å². The van der Waals surface area contributed by atoms with Crippen molar-refractivity contribution in [3.05, 3.63) is 17.6 Å². The fourth-order valence-corrected chi connectivity index (χ4v) is 2.28. The highest BCUT2D eigenvalue weighted by Crippen LogP contribution is 2.11. The van der Waals surface area contributed by atoms with Gasteiger partial charge < -0.3 is 15.1 Å². The second-order valence-corrected chi connectivity index (χ2v) is 5.00. The van der Waals surface area contributed by atoms with Gasteiger partial charge in [0.15, 0.2) is 0 Å². The lowest BCUT2D eigenvalue weighted by molar-refractivity contribution is -0.150. The van der Waals surface area contributed by atoms with E-state index in [9.17, 15) is 9.59 Å². The maximum Gasteiger partial charge on any atom is 0.243 e. The number of nitrogens with one attached hydrogen (secondary N) is 1. The second kappa shape index (κ2) is 6.51. The van der Waals surface area contributed by atoms with Gasteiger partial charge >= 0.3 is 0 Å². The van der Waals surface area contributed by atoms with Gasteiger partial charge in [0.2, 0.25) is 11.8 Å². The van der Waals surface area contributed by atoms with Crippen LogP contribution in [0.3, 0.4) is 0 Å². The number of carbonyl (C=O) groups excluding carboxylic acids is 2. The van der Waals surface area contributed by atoms with Crippen LogP contribution in [-0.2, 0) is 16.1 Å². The van der Waals surface area contributed by atoms with E-state index in [-0.39, 0.29) is 31.4 Å². The van der Waals surface area contributed by atoms with Crippen molar-refractivity contribution in [3.8, 4) is 0 Å². The molecule has 1 saturated heterocycles. The summed E-state index contributed by atoms with van der Waals surface area (Å²) in [5, 5.41) is 3.13. The number of carbonyl (C=O) groups is 2. The minimum atomic E-state index is -0.0634. The summed E-state index contributed by atoms with van der Waals surface area (Å²) in [6.07, 6.45) is 0. The summed E-state index contributed by atoms with van der Waals surface area (Å²) in [6.45, 7) is 7.57. The van der Waals surface area contributed by atoms with Crippen molar-refractivity contribution in [2.75, 3.05) is 31.5 Å². The molecular weight excluding hydrogens is 270 g/mol. The highest BCUT2D eigenvalue weighted by molar-refractivity contribution is 5.92. The minimum absolute atomic E-state index is 0.0309. The molecule has 2 rings (SSSR count). The highest BCUT2D eigenvalue weighted by atomic mass is 16.2. The van der Waals surface area contributed by atoms with Gasteiger partial charge in [0.05, 0.1) is 13.1 Å². The van der Waals surface area contributed by atoms with Gasteiger partial charge in [-0.2, -0.15) is 0 Å². The molecule has 0 bridgehead atoms. The molecule has 7 heteroatoms. The third-order valence-electron chi connectivity index (χ3n) is 3.33. The van der Waals surface area contributed by atoms with Gasteiger partial charge in [-0.1, -0.05) is 0 Å². The Balaban J connectivity index is 2.11. The lowest BCUT2D eigenvalue weighted by Crippen LogP contribution is -2.53. The van der Waals surface area contributed by atoms with Crippen LogP contribution in [0.25, 0.3) is 0 Å². The molecule has 1 fully saturated rings. The van der Waals surface area contributed by atoms with Crippen LogP contribution >= 0.6 is 0 Å². The lowest BCUT2D eigenvalue weighted by atomic mass is 10.3. The average Bonchev–Trinajstić information content (AvgIpc) is 2.42. The van der Waals surface area contributed by atoms with Crippen molar-refractivity contribution in [2.45, 2.75) is 27.3 Å². The van der Waals surface area contributed by atoms with Crippen LogP contribution < -0.4 is 5.32 Å². The van der Waals surface area contributed by atoms with Crippen molar-refractivity contribution in [1.29, 1.82) is 0 Å². The molecular formula is C14H21N5O2. The molecule has 0 aliphatic carbocycles. The van der Waals surface area contributed by atoms with Gasteiger partial charge in [0.1, 0.15) is 18.2 Å². The number of aryl methyl sites for hydroxylation is 1. The molecule has 0 radical (unpaired) electrons. The molecule has 1 aromatic heterocycles. The van der Waals surface area contributed by atoms with Crippen LogP contribution in [0.5, 0.6) is 0 Å². The number of anilines is 1. The Morgan fingerprint density at radius 3 is 2.48 bits per heavy atom. The SMILES string of the molecule is CCNc1cc(C)nc(CN2CC(=O)N(CC)CC2=O)n1. The molecule has 114 valence electrons. The van der Waals surface area contributed by atoms with Gasteiger partial charge in [0, 0.05) is 24.8 Å². The Morgan fingerprint density at radius 2 is 1.81 bits per heavy atom. The first-order valence-electron chi connectivity index (χ1n) is 7.17. The van der Waals surface area contributed by atoms with E-state index in [1.54, 1.807) is 4.90 Å². The van der Waals surface area contributed by atoms with E-state index in [2.05, 4.69) is 15.3 Å². The summed E-state index contributed by atoms with van der Waals surface area (Å²) in [7, 11) is 0. The molecule has 0 unspecified atom stereocenters. The first kappa shape index (κ1) is 15.2. The van der Waals surface area contributed by atoms with E-state index in [1.807, 2.05) is 26.8 Å². The Morgan fingerprint density at radius 1 is 1.14 bits per heavy atom. The van der Waals surface area contributed by atoms with E-state index >= 15 is 0 Å². The van der Waals surface area contributed by atoms with E-state index in [1.165, 1.54) is 4.90 Å². The first-order chi connectivity index (χ1) is 10.0. The number of amides is 2. The molecule has 0 spiro atoms. The number of piperazine rings is 1. The summed E-state index contributed by atoms with van der Waals surface area (Å²) in [5.74, 6) is 1.20. The van der Waals surface area contributed by atoms with Crippen LogP contribution in [0, 0.1) is 6.92 Å². The molecule has 0 saturated carbocycles. The molecule has 1 N–H and O–H groups in total. The molecule has 7 nitrogen and oxygen atoms in total. The standard InChI is InChI=1S/C14H21N5O2/c1-4-15-11-6-10(3)16-12(17-11)7-19-9-13(20)18(5-2)8-14(19)21/h6H,4-5,7-9H2,1-3H3,(H,15,16,17). The van der Waals surface area contributed by atoms with Crippen molar-refractivity contribution in [1.82, 2.24) is 19.8 Å². The second-order valence-electron chi connectivity index (χ2n) is 5.00. The Labute approximate surface area is 124 Å². The average molecular weight is 291 g/mol. The molecule has 2 amide bonds. The van der Waals surface area contributed by atoms with Crippen LogP contribution in [0.4, 0.5) is 5.82 Å². The molecule has 1 aromatic rings. The van der Waals surface area contributed by atoms with Crippen LogP contribution in [-0.4, -0.2) is 57.8 Å². The Kier molecular flexibility index (Phi) is 4.72. The monoisotopic (exact) mass is 291 g/mol. The fourth-order valence-electron chi connectivity index (χ4n) is 2.28. The summed E-state index contributed by atoms with van der Waals surface area (Å²) in [6, 6.07) is 1.86. The number of nitrogens with zero attached hydrogens (tertiary/aromatic N) is 4. The van der Waals surface area contributed by atoms with E-state index in [0.717, 1.165) is 18.1 Å². The Hall–Kier alpha value is -2.18. The number of likely N-dealkylation sites (N-methyl/N-ethyl adjacent to an activating group) is 1. The summed E-state index contributed by atoms with van der Waals surface area (Å²) >= 11 is 0. The van der Waals surface area contributed by atoms with Gasteiger partial charge in [-0.05, 0) is 20.8 Å². The third kappa shape index (κ3) is 3.68. The molecule has 0 aromatic carbocycles. The number of rotatable bonds is 5. The lowest BCUT2D eigenvalue weighted by Gasteiger charge is -2.32. The Bertz CT molecular complexity index is 546. The van der Waals surface area contributed by atoms with Crippen LogP contribution in [0.1, 0.15) is 25.4 Å². The zero-order chi connectivity index (χ0) is 15.4. The minimum Gasteiger partial charge on any atom is -0.370 e. The smallest absolute Gasteiger partial charge is 0.243 e. The summed E-state index contributed by atoms with van der Waals surface area (Å²) in [5.41, 5.74) is 0.835. The molecule has 1 aliphatic rings. The maximum atomic E-state index is 12.1. The number of hydrogen-bond acceptors (Lipinski definition) is 5. The summed E-state index contributed by atoms with van der Waals surface area (Å²) in [4.78, 5) is 35.7. The number of aromatic nitrogens is 2. The fraction of sp³-hybridized carbons (Fsp3) is 0.571.